The van der Waals surface area contributed by atoms with Crippen LogP contribution in [0.1, 0.15) is 26.7 Å². The molecule has 0 saturated carbocycles. The molecule has 0 aromatic rings. The predicted molar refractivity (Wildman–Crippen MR) is 67.7 cm³/mol. The maximum atomic E-state index is 11.5. The second-order valence-electron chi connectivity index (χ2n) is 4.23. The average Bonchev–Trinajstić information content (AvgIpc) is 2.13. The molecule has 3 N–H and O–H groups in total. The lowest BCUT2D eigenvalue weighted by Gasteiger charge is -2.16. The highest BCUT2D eigenvalue weighted by Gasteiger charge is 2.13. The Kier molecular flexibility index (Phi) is 7.70. The highest BCUT2D eigenvalue weighted by molar-refractivity contribution is 9.11. The van der Waals surface area contributed by atoms with Crippen LogP contribution in [0, 0.1) is 11.8 Å². The molecule has 0 heterocycles. The maximum absolute atomic E-state index is 11.5. The summed E-state index contributed by atoms with van der Waals surface area (Å²) < 4.78 is 0.781. The number of hydrogen-bond acceptors (Lipinski definition) is 2. The minimum atomic E-state index is 0.0479. The largest absolute Gasteiger partial charge is 0.352 e. The Morgan fingerprint density at radius 3 is 2.53 bits per heavy atom. The van der Waals surface area contributed by atoms with E-state index in [-0.39, 0.29) is 11.8 Å². The van der Waals surface area contributed by atoms with Gasteiger partial charge in [-0.15, -0.1) is 0 Å². The van der Waals surface area contributed by atoms with Crippen LogP contribution in [0.2, 0.25) is 0 Å². The first kappa shape index (κ1) is 14.6. The van der Waals surface area contributed by atoms with Crippen molar-refractivity contribution in [2.24, 2.45) is 17.6 Å². The zero-order chi connectivity index (χ0) is 11.8. The minimum absolute atomic E-state index is 0.0479. The van der Waals surface area contributed by atoms with Gasteiger partial charge in [-0.05, 0) is 24.8 Å². The Balaban J connectivity index is 3.85. The Morgan fingerprint density at radius 2 is 2.13 bits per heavy atom. The Bertz CT molecular complexity index is 217. The van der Waals surface area contributed by atoms with Crippen LogP contribution in [0.25, 0.3) is 0 Å². The van der Waals surface area contributed by atoms with E-state index in [1.807, 2.05) is 0 Å². The first-order valence-electron chi connectivity index (χ1n) is 5.25. The normalized spacial score (nSPS) is 12.6. The third kappa shape index (κ3) is 8.63. The van der Waals surface area contributed by atoms with E-state index in [9.17, 15) is 4.79 Å². The molecule has 0 aliphatic rings. The van der Waals surface area contributed by atoms with Gasteiger partial charge in [-0.1, -0.05) is 36.4 Å². The van der Waals surface area contributed by atoms with Crippen molar-refractivity contribution < 1.29 is 4.79 Å². The molecule has 0 spiro atoms. The van der Waals surface area contributed by atoms with E-state index in [2.05, 4.69) is 41.7 Å². The third-order valence-electron chi connectivity index (χ3n) is 2.09. The molecule has 4 heteroatoms. The molecule has 0 aromatic heterocycles. The van der Waals surface area contributed by atoms with Crippen molar-refractivity contribution >= 4 is 21.8 Å². The van der Waals surface area contributed by atoms with Crippen molar-refractivity contribution in [1.82, 2.24) is 5.32 Å². The molecule has 0 aliphatic carbocycles. The number of hydrogen-bond donors (Lipinski definition) is 2. The number of nitrogens with one attached hydrogen (secondary N) is 1. The van der Waals surface area contributed by atoms with E-state index in [1.54, 1.807) is 0 Å². The number of halogens is 1. The summed E-state index contributed by atoms with van der Waals surface area (Å²) in [6.45, 7) is 8.99. The van der Waals surface area contributed by atoms with Crippen molar-refractivity contribution in [2.75, 3.05) is 13.1 Å². The standard InChI is InChI=1S/C11H21BrN2O/c1-8(2)4-10(6-13)5-11(15)14-7-9(3)12/h8,10H,3-7,13H2,1-2H3,(H,14,15)/t10-/m0/s1. The van der Waals surface area contributed by atoms with Gasteiger partial charge >= 0.3 is 0 Å². The molecule has 0 bridgehead atoms. The molecular formula is C11H21BrN2O. The Morgan fingerprint density at radius 1 is 1.53 bits per heavy atom. The molecule has 3 nitrogen and oxygen atoms in total. The maximum Gasteiger partial charge on any atom is 0.220 e. The van der Waals surface area contributed by atoms with Crippen molar-refractivity contribution in [3.05, 3.63) is 11.1 Å². The highest BCUT2D eigenvalue weighted by atomic mass is 79.9. The van der Waals surface area contributed by atoms with E-state index >= 15 is 0 Å². The molecule has 0 unspecified atom stereocenters. The summed E-state index contributed by atoms with van der Waals surface area (Å²) in [5.74, 6) is 0.915. The number of rotatable bonds is 7. The summed E-state index contributed by atoms with van der Waals surface area (Å²) in [6, 6.07) is 0. The zero-order valence-corrected chi connectivity index (χ0v) is 11.1. The van der Waals surface area contributed by atoms with Gasteiger partial charge in [-0.2, -0.15) is 0 Å². The first-order valence-corrected chi connectivity index (χ1v) is 6.05. The SMILES string of the molecule is C=C(Br)CNC(=O)C[C@@H](CN)CC(C)C. The van der Waals surface area contributed by atoms with Gasteiger partial charge in [0, 0.05) is 17.4 Å². The fraction of sp³-hybridized carbons (Fsp3) is 0.727. The van der Waals surface area contributed by atoms with Crippen molar-refractivity contribution in [3.8, 4) is 0 Å². The zero-order valence-electron chi connectivity index (χ0n) is 9.55. The van der Waals surface area contributed by atoms with Gasteiger partial charge in [-0.25, -0.2) is 0 Å². The van der Waals surface area contributed by atoms with E-state index < -0.39 is 0 Å². The van der Waals surface area contributed by atoms with Gasteiger partial charge in [0.15, 0.2) is 0 Å². The molecule has 0 saturated heterocycles. The molecule has 0 aliphatic heterocycles. The van der Waals surface area contributed by atoms with Crippen molar-refractivity contribution in [3.63, 3.8) is 0 Å². The smallest absolute Gasteiger partial charge is 0.220 e. The minimum Gasteiger partial charge on any atom is -0.352 e. The van der Waals surface area contributed by atoms with Gasteiger partial charge in [0.2, 0.25) is 5.91 Å². The van der Waals surface area contributed by atoms with Gasteiger partial charge in [-0.3, -0.25) is 4.79 Å². The van der Waals surface area contributed by atoms with Crippen LogP contribution >= 0.6 is 15.9 Å². The van der Waals surface area contributed by atoms with Crippen LogP contribution in [-0.4, -0.2) is 19.0 Å². The van der Waals surface area contributed by atoms with Gasteiger partial charge in [0.05, 0.1) is 0 Å². The molecule has 1 amide bonds. The van der Waals surface area contributed by atoms with Crippen LogP contribution < -0.4 is 11.1 Å². The first-order chi connectivity index (χ1) is 6.95. The molecule has 0 radical (unpaired) electrons. The molecule has 15 heavy (non-hydrogen) atoms. The number of nitrogens with two attached hydrogens (primary N) is 1. The lowest BCUT2D eigenvalue weighted by Crippen LogP contribution is -2.29. The predicted octanol–water partition coefficient (Wildman–Crippen LogP) is 2.02. The van der Waals surface area contributed by atoms with Crippen LogP contribution in [0.3, 0.4) is 0 Å². The molecule has 0 rings (SSSR count). The van der Waals surface area contributed by atoms with Crippen molar-refractivity contribution in [1.29, 1.82) is 0 Å². The average molecular weight is 277 g/mol. The fourth-order valence-electron chi connectivity index (χ4n) is 1.46. The summed E-state index contributed by atoms with van der Waals surface area (Å²) in [7, 11) is 0. The lowest BCUT2D eigenvalue weighted by atomic mass is 9.94. The summed E-state index contributed by atoms with van der Waals surface area (Å²) in [6.07, 6.45) is 1.51. The van der Waals surface area contributed by atoms with Crippen LogP contribution in [0.15, 0.2) is 11.1 Å². The molecule has 1 atom stereocenters. The second kappa shape index (κ2) is 7.88. The third-order valence-corrected chi connectivity index (χ3v) is 2.37. The van der Waals surface area contributed by atoms with E-state index in [4.69, 9.17) is 5.73 Å². The summed E-state index contributed by atoms with van der Waals surface area (Å²) in [4.78, 5) is 11.5. The number of carbonyl (C=O) groups excluding carboxylic acids is 1. The van der Waals surface area contributed by atoms with E-state index in [0.29, 0.717) is 25.4 Å². The van der Waals surface area contributed by atoms with Crippen LogP contribution in [0.4, 0.5) is 0 Å². The lowest BCUT2D eigenvalue weighted by molar-refractivity contribution is -0.121. The number of carbonyl (C=O) groups is 1. The Labute approximate surface area is 101 Å². The summed E-state index contributed by atoms with van der Waals surface area (Å²) in [5, 5.41) is 2.78. The molecular weight excluding hydrogens is 256 g/mol. The van der Waals surface area contributed by atoms with Gasteiger partial charge < -0.3 is 11.1 Å². The van der Waals surface area contributed by atoms with Crippen LogP contribution in [-0.2, 0) is 4.79 Å². The Hall–Kier alpha value is -0.350. The molecule has 88 valence electrons. The van der Waals surface area contributed by atoms with E-state index in [0.717, 1.165) is 10.9 Å². The quantitative estimate of drug-likeness (QED) is 0.748. The van der Waals surface area contributed by atoms with Gasteiger partial charge in [0.1, 0.15) is 0 Å². The summed E-state index contributed by atoms with van der Waals surface area (Å²) in [5.41, 5.74) is 5.62. The summed E-state index contributed by atoms with van der Waals surface area (Å²) >= 11 is 3.19. The monoisotopic (exact) mass is 276 g/mol. The number of amides is 1. The molecule has 0 aromatic carbocycles. The highest BCUT2D eigenvalue weighted by Crippen LogP contribution is 2.14. The van der Waals surface area contributed by atoms with E-state index in [1.165, 1.54) is 0 Å². The van der Waals surface area contributed by atoms with Crippen LogP contribution in [0.5, 0.6) is 0 Å². The molecule has 0 fully saturated rings. The topological polar surface area (TPSA) is 55.1 Å². The van der Waals surface area contributed by atoms with Gasteiger partial charge in [0.25, 0.3) is 0 Å². The van der Waals surface area contributed by atoms with Crippen molar-refractivity contribution in [2.45, 2.75) is 26.7 Å². The fourth-order valence-corrected chi connectivity index (χ4v) is 1.60. The second-order valence-corrected chi connectivity index (χ2v) is 5.35.